The Balaban J connectivity index is 1.49. The van der Waals surface area contributed by atoms with Crippen molar-refractivity contribution in [2.24, 2.45) is 5.92 Å². The van der Waals surface area contributed by atoms with Crippen molar-refractivity contribution >= 4 is 0 Å². The Labute approximate surface area is 94.4 Å². The van der Waals surface area contributed by atoms with Crippen molar-refractivity contribution in [2.45, 2.75) is 58.0 Å². The van der Waals surface area contributed by atoms with Crippen molar-refractivity contribution in [3.63, 3.8) is 0 Å². The van der Waals surface area contributed by atoms with Crippen LogP contribution in [0, 0.1) is 5.92 Å². The first-order valence-electron chi connectivity index (χ1n) is 6.73. The molecule has 2 nitrogen and oxygen atoms in total. The van der Waals surface area contributed by atoms with Gasteiger partial charge in [-0.25, -0.2) is 0 Å². The van der Waals surface area contributed by atoms with Crippen LogP contribution in [0.25, 0.3) is 0 Å². The molecule has 1 aliphatic carbocycles. The molecule has 0 aromatic carbocycles. The van der Waals surface area contributed by atoms with Crippen LogP contribution in [0.15, 0.2) is 0 Å². The molecule has 1 aliphatic heterocycles. The lowest BCUT2D eigenvalue weighted by Crippen LogP contribution is -2.29. The second kappa shape index (κ2) is 5.31. The summed E-state index contributed by atoms with van der Waals surface area (Å²) < 4.78 is 0. The highest BCUT2D eigenvalue weighted by Crippen LogP contribution is 2.22. The van der Waals surface area contributed by atoms with Gasteiger partial charge in [-0.05, 0) is 58.0 Å². The molecule has 0 aromatic heterocycles. The van der Waals surface area contributed by atoms with Gasteiger partial charge in [0, 0.05) is 18.6 Å². The zero-order chi connectivity index (χ0) is 10.7. The molecule has 15 heavy (non-hydrogen) atoms. The quantitative estimate of drug-likeness (QED) is 0.676. The predicted octanol–water partition coefficient (Wildman–Crippen LogP) is 2.25. The Morgan fingerprint density at radius 1 is 1.20 bits per heavy atom. The lowest BCUT2D eigenvalue weighted by Gasteiger charge is -2.20. The first kappa shape index (κ1) is 11.4. The molecule has 0 aromatic rings. The van der Waals surface area contributed by atoms with Crippen molar-refractivity contribution < 1.29 is 0 Å². The van der Waals surface area contributed by atoms with Crippen LogP contribution in [0.4, 0.5) is 0 Å². The number of hydrogen-bond acceptors (Lipinski definition) is 2. The second-order valence-corrected chi connectivity index (χ2v) is 5.62. The fraction of sp³-hybridized carbons (Fsp3) is 1.00. The van der Waals surface area contributed by atoms with Gasteiger partial charge in [0.1, 0.15) is 0 Å². The highest BCUT2D eigenvalue weighted by molar-refractivity contribution is 4.81. The van der Waals surface area contributed by atoms with Gasteiger partial charge in [0.2, 0.25) is 0 Å². The average Bonchev–Trinajstić information content (AvgIpc) is 2.94. The smallest absolute Gasteiger partial charge is 0.00700 e. The number of hydrogen-bond donors (Lipinski definition) is 1. The summed E-state index contributed by atoms with van der Waals surface area (Å²) >= 11 is 0. The largest absolute Gasteiger partial charge is 0.314 e. The number of nitrogens with zero attached hydrogens (tertiary/aromatic N) is 1. The third kappa shape index (κ3) is 3.76. The maximum atomic E-state index is 3.58. The summed E-state index contributed by atoms with van der Waals surface area (Å²) in [7, 11) is 0. The highest BCUT2D eigenvalue weighted by Gasteiger charge is 2.25. The van der Waals surface area contributed by atoms with E-state index in [2.05, 4.69) is 24.1 Å². The molecular formula is C13H26N2. The minimum Gasteiger partial charge on any atom is -0.314 e. The average molecular weight is 210 g/mol. The van der Waals surface area contributed by atoms with E-state index in [9.17, 15) is 0 Å². The molecule has 0 amide bonds. The van der Waals surface area contributed by atoms with Crippen molar-refractivity contribution in [3.05, 3.63) is 0 Å². The number of nitrogens with one attached hydrogen (secondary N) is 1. The van der Waals surface area contributed by atoms with E-state index >= 15 is 0 Å². The van der Waals surface area contributed by atoms with Crippen LogP contribution in [-0.2, 0) is 0 Å². The van der Waals surface area contributed by atoms with E-state index in [1.165, 1.54) is 51.7 Å². The van der Waals surface area contributed by atoms with Crippen LogP contribution in [-0.4, -0.2) is 36.6 Å². The zero-order valence-corrected chi connectivity index (χ0v) is 10.3. The molecular weight excluding hydrogens is 184 g/mol. The third-order valence-corrected chi connectivity index (χ3v) is 3.80. The van der Waals surface area contributed by atoms with Crippen LogP contribution < -0.4 is 5.32 Å². The van der Waals surface area contributed by atoms with Crippen molar-refractivity contribution in [1.29, 1.82) is 0 Å². The van der Waals surface area contributed by atoms with Crippen LogP contribution in [0.3, 0.4) is 0 Å². The highest BCUT2D eigenvalue weighted by atomic mass is 15.2. The van der Waals surface area contributed by atoms with Gasteiger partial charge in [0.25, 0.3) is 0 Å². The second-order valence-electron chi connectivity index (χ2n) is 5.62. The maximum absolute atomic E-state index is 3.58. The molecule has 2 rings (SSSR count). The van der Waals surface area contributed by atoms with Gasteiger partial charge in [-0.3, -0.25) is 0 Å². The predicted molar refractivity (Wildman–Crippen MR) is 65.1 cm³/mol. The zero-order valence-electron chi connectivity index (χ0n) is 10.3. The number of likely N-dealkylation sites (tertiary alicyclic amines) is 1. The molecule has 2 fully saturated rings. The summed E-state index contributed by atoms with van der Waals surface area (Å²) in [6.45, 7) is 8.65. The maximum Gasteiger partial charge on any atom is 0.00700 e. The van der Waals surface area contributed by atoms with E-state index in [0.29, 0.717) is 0 Å². The Hall–Kier alpha value is -0.0800. The molecule has 0 bridgehead atoms. The first-order valence-corrected chi connectivity index (χ1v) is 6.73. The Morgan fingerprint density at radius 3 is 2.60 bits per heavy atom. The van der Waals surface area contributed by atoms with E-state index in [4.69, 9.17) is 0 Å². The van der Waals surface area contributed by atoms with Gasteiger partial charge in [-0.1, -0.05) is 6.92 Å². The van der Waals surface area contributed by atoms with Gasteiger partial charge in [0.05, 0.1) is 0 Å². The molecule has 2 heteroatoms. The molecule has 1 saturated carbocycles. The van der Waals surface area contributed by atoms with Crippen LogP contribution in [0.2, 0.25) is 0 Å². The van der Waals surface area contributed by atoms with E-state index < -0.39 is 0 Å². The topological polar surface area (TPSA) is 15.3 Å². The molecule has 1 saturated heterocycles. The molecule has 2 atom stereocenters. The summed E-state index contributed by atoms with van der Waals surface area (Å²) in [6.07, 6.45) is 6.96. The van der Waals surface area contributed by atoms with E-state index in [-0.39, 0.29) is 0 Å². The summed E-state index contributed by atoms with van der Waals surface area (Å²) in [5.41, 5.74) is 0. The first-order chi connectivity index (χ1) is 7.25. The Kier molecular flexibility index (Phi) is 4.04. The summed E-state index contributed by atoms with van der Waals surface area (Å²) in [5.74, 6) is 0.921. The van der Waals surface area contributed by atoms with Gasteiger partial charge in [-0.2, -0.15) is 0 Å². The molecule has 0 radical (unpaired) electrons. The monoisotopic (exact) mass is 210 g/mol. The number of unbranched alkanes of at least 4 members (excludes halogenated alkanes) is 1. The van der Waals surface area contributed by atoms with Crippen molar-refractivity contribution in [1.82, 2.24) is 10.2 Å². The molecule has 1 N–H and O–H groups in total. The van der Waals surface area contributed by atoms with Gasteiger partial charge in [0.15, 0.2) is 0 Å². The fourth-order valence-electron chi connectivity index (χ4n) is 2.73. The summed E-state index contributed by atoms with van der Waals surface area (Å²) in [6, 6.07) is 1.71. The van der Waals surface area contributed by atoms with Crippen LogP contribution in [0.5, 0.6) is 0 Å². The normalized spacial score (nSPS) is 32.4. The minimum absolute atomic E-state index is 0.830. The standard InChI is InChI=1S/C13H26N2/c1-11-9-12(2)15(10-11)8-4-3-7-14-13-5-6-13/h11-14H,3-10H2,1-2H3. The number of rotatable bonds is 6. The summed E-state index contributed by atoms with van der Waals surface area (Å²) in [5, 5.41) is 3.58. The van der Waals surface area contributed by atoms with Crippen LogP contribution >= 0.6 is 0 Å². The van der Waals surface area contributed by atoms with Gasteiger partial charge >= 0.3 is 0 Å². The Bertz CT molecular complexity index is 189. The van der Waals surface area contributed by atoms with Crippen molar-refractivity contribution in [2.75, 3.05) is 19.6 Å². The van der Waals surface area contributed by atoms with Gasteiger partial charge < -0.3 is 10.2 Å². The molecule has 88 valence electrons. The summed E-state index contributed by atoms with van der Waals surface area (Å²) in [4.78, 5) is 2.67. The van der Waals surface area contributed by atoms with E-state index in [1.807, 2.05) is 0 Å². The third-order valence-electron chi connectivity index (χ3n) is 3.80. The molecule has 1 heterocycles. The van der Waals surface area contributed by atoms with Crippen molar-refractivity contribution in [3.8, 4) is 0 Å². The van der Waals surface area contributed by atoms with Crippen LogP contribution in [0.1, 0.15) is 46.0 Å². The molecule has 2 aliphatic rings. The minimum atomic E-state index is 0.830. The van der Waals surface area contributed by atoms with E-state index in [0.717, 1.165) is 18.0 Å². The van der Waals surface area contributed by atoms with Gasteiger partial charge in [-0.15, -0.1) is 0 Å². The molecule has 0 spiro atoms. The lowest BCUT2D eigenvalue weighted by atomic mass is 10.1. The van der Waals surface area contributed by atoms with E-state index in [1.54, 1.807) is 0 Å². The fourth-order valence-corrected chi connectivity index (χ4v) is 2.73. The SMILES string of the molecule is CC1CC(C)N(CCCCNC2CC2)C1. The molecule has 2 unspecified atom stereocenters. The Morgan fingerprint density at radius 2 is 2.00 bits per heavy atom. The lowest BCUT2D eigenvalue weighted by molar-refractivity contribution is 0.259.